The van der Waals surface area contributed by atoms with Gasteiger partial charge in [-0.3, -0.25) is 4.98 Å². The van der Waals surface area contributed by atoms with E-state index in [2.05, 4.69) is 29.8 Å². The highest BCUT2D eigenvalue weighted by Crippen LogP contribution is 2.32. The van der Waals surface area contributed by atoms with E-state index in [-0.39, 0.29) is 0 Å². The van der Waals surface area contributed by atoms with Crippen LogP contribution >= 0.6 is 0 Å². The molecule has 0 saturated carbocycles. The molecule has 17 heavy (non-hydrogen) atoms. The molecule has 0 amide bonds. The third-order valence-electron chi connectivity index (χ3n) is 3.78. The Morgan fingerprint density at radius 3 is 2.94 bits per heavy atom. The molecule has 0 unspecified atom stereocenters. The molecule has 1 aromatic heterocycles. The first-order valence-corrected chi connectivity index (χ1v) is 6.50. The largest absolute Gasteiger partial charge is 0.371 e. The van der Waals surface area contributed by atoms with Gasteiger partial charge in [0, 0.05) is 43.3 Å². The van der Waals surface area contributed by atoms with Crippen LogP contribution in [0.4, 0.5) is 5.69 Å². The van der Waals surface area contributed by atoms with Gasteiger partial charge in [-0.05, 0) is 30.7 Å². The molecule has 2 heterocycles. The summed E-state index contributed by atoms with van der Waals surface area (Å²) in [6, 6.07) is 2.10. The quantitative estimate of drug-likeness (QED) is 0.853. The molecular formula is C14H23N3. The van der Waals surface area contributed by atoms with E-state index < -0.39 is 0 Å². The topological polar surface area (TPSA) is 42.2 Å². The van der Waals surface area contributed by atoms with Crippen molar-refractivity contribution in [2.45, 2.75) is 39.7 Å². The number of aromatic nitrogens is 1. The van der Waals surface area contributed by atoms with Crippen LogP contribution in [0.1, 0.15) is 38.7 Å². The molecule has 3 heteroatoms. The molecule has 1 aliphatic heterocycles. The van der Waals surface area contributed by atoms with Crippen LogP contribution in [0.2, 0.25) is 0 Å². The van der Waals surface area contributed by atoms with Crippen molar-refractivity contribution in [2.75, 3.05) is 18.0 Å². The third-order valence-corrected chi connectivity index (χ3v) is 3.78. The zero-order chi connectivity index (χ0) is 12.3. The fourth-order valence-corrected chi connectivity index (χ4v) is 2.55. The number of nitrogens with zero attached hydrogens (tertiary/aromatic N) is 2. The first-order valence-electron chi connectivity index (χ1n) is 6.50. The Kier molecular flexibility index (Phi) is 3.67. The van der Waals surface area contributed by atoms with Crippen molar-refractivity contribution < 1.29 is 0 Å². The fourth-order valence-electron chi connectivity index (χ4n) is 2.55. The third kappa shape index (κ3) is 2.97. The Morgan fingerprint density at radius 1 is 1.35 bits per heavy atom. The van der Waals surface area contributed by atoms with E-state index in [9.17, 15) is 0 Å². The molecule has 2 N–H and O–H groups in total. The van der Waals surface area contributed by atoms with Gasteiger partial charge in [0.1, 0.15) is 0 Å². The highest BCUT2D eigenvalue weighted by molar-refractivity contribution is 5.52. The molecule has 1 aliphatic rings. The summed E-state index contributed by atoms with van der Waals surface area (Å²) in [5.74, 6) is 0. The molecule has 1 fully saturated rings. The van der Waals surface area contributed by atoms with Gasteiger partial charge >= 0.3 is 0 Å². The number of hydrogen-bond donors (Lipinski definition) is 1. The minimum absolute atomic E-state index is 0.477. The number of nitrogens with two attached hydrogens (primary N) is 1. The van der Waals surface area contributed by atoms with Crippen molar-refractivity contribution in [3.63, 3.8) is 0 Å². The summed E-state index contributed by atoms with van der Waals surface area (Å²) in [5, 5.41) is 0. The van der Waals surface area contributed by atoms with Gasteiger partial charge in [0.15, 0.2) is 0 Å². The van der Waals surface area contributed by atoms with Crippen LogP contribution in [0, 0.1) is 5.41 Å². The molecule has 0 spiro atoms. The van der Waals surface area contributed by atoms with Crippen LogP contribution in [0.3, 0.4) is 0 Å². The van der Waals surface area contributed by atoms with Crippen LogP contribution in [-0.4, -0.2) is 18.1 Å². The van der Waals surface area contributed by atoms with E-state index in [1.807, 2.05) is 12.4 Å². The van der Waals surface area contributed by atoms with Gasteiger partial charge in [-0.15, -0.1) is 0 Å². The lowest BCUT2D eigenvalue weighted by atomic mass is 9.85. The number of anilines is 1. The molecule has 0 radical (unpaired) electrons. The highest BCUT2D eigenvalue weighted by atomic mass is 15.1. The second-order valence-electron chi connectivity index (χ2n) is 5.71. The van der Waals surface area contributed by atoms with Crippen LogP contribution in [-0.2, 0) is 6.54 Å². The van der Waals surface area contributed by atoms with Gasteiger partial charge < -0.3 is 10.6 Å². The van der Waals surface area contributed by atoms with Crippen LogP contribution in [0.15, 0.2) is 18.5 Å². The van der Waals surface area contributed by atoms with Gasteiger partial charge in [0.25, 0.3) is 0 Å². The molecule has 0 atom stereocenters. The first-order chi connectivity index (χ1) is 8.12. The van der Waals surface area contributed by atoms with Gasteiger partial charge in [0.05, 0.1) is 0 Å². The summed E-state index contributed by atoms with van der Waals surface area (Å²) < 4.78 is 0. The lowest BCUT2D eigenvalue weighted by molar-refractivity contribution is 0.325. The Morgan fingerprint density at radius 2 is 2.18 bits per heavy atom. The van der Waals surface area contributed by atoms with Crippen molar-refractivity contribution in [1.82, 2.24) is 4.98 Å². The van der Waals surface area contributed by atoms with Crippen molar-refractivity contribution in [1.29, 1.82) is 0 Å². The van der Waals surface area contributed by atoms with Crippen molar-refractivity contribution in [3.8, 4) is 0 Å². The summed E-state index contributed by atoms with van der Waals surface area (Å²) in [4.78, 5) is 6.63. The first kappa shape index (κ1) is 12.4. The Balaban J connectivity index is 2.17. The molecule has 1 saturated heterocycles. The van der Waals surface area contributed by atoms with Crippen molar-refractivity contribution >= 4 is 5.69 Å². The summed E-state index contributed by atoms with van der Waals surface area (Å²) in [6.07, 6.45) is 7.58. The Bertz CT molecular complexity index is 373. The van der Waals surface area contributed by atoms with E-state index in [1.165, 1.54) is 24.9 Å². The molecule has 1 aromatic rings. The smallest absolute Gasteiger partial charge is 0.0442 e. The predicted octanol–water partition coefficient (Wildman–Crippen LogP) is 2.56. The zero-order valence-corrected chi connectivity index (χ0v) is 10.9. The second kappa shape index (κ2) is 5.05. The fraction of sp³-hybridized carbons (Fsp3) is 0.643. The van der Waals surface area contributed by atoms with E-state index in [4.69, 9.17) is 5.73 Å². The van der Waals surface area contributed by atoms with E-state index in [1.54, 1.807) is 0 Å². The average molecular weight is 233 g/mol. The van der Waals surface area contributed by atoms with E-state index in [0.29, 0.717) is 12.0 Å². The van der Waals surface area contributed by atoms with Gasteiger partial charge in [-0.1, -0.05) is 13.8 Å². The molecule has 0 aromatic carbocycles. The van der Waals surface area contributed by atoms with Crippen LogP contribution in [0.5, 0.6) is 0 Å². The molecule has 2 rings (SSSR count). The maximum Gasteiger partial charge on any atom is 0.0442 e. The number of pyridine rings is 1. The standard InChI is InChI=1S/C14H23N3/c1-14(2)5-3-8-17(9-6-14)13-4-7-16-11-12(13)10-15/h4,7,11H,3,5-6,8-10,15H2,1-2H3. The van der Waals surface area contributed by atoms with Crippen molar-refractivity contribution in [2.24, 2.45) is 11.1 Å². The SMILES string of the molecule is CC1(C)CCCN(c2ccncc2CN)CC1. The number of hydrogen-bond acceptors (Lipinski definition) is 3. The summed E-state index contributed by atoms with van der Waals surface area (Å²) >= 11 is 0. The van der Waals surface area contributed by atoms with Crippen molar-refractivity contribution in [3.05, 3.63) is 24.0 Å². The second-order valence-corrected chi connectivity index (χ2v) is 5.71. The lowest BCUT2D eigenvalue weighted by Gasteiger charge is -2.26. The Hall–Kier alpha value is -1.09. The molecule has 94 valence electrons. The van der Waals surface area contributed by atoms with E-state index in [0.717, 1.165) is 18.7 Å². The van der Waals surface area contributed by atoms with Crippen LogP contribution < -0.4 is 10.6 Å². The summed E-state index contributed by atoms with van der Waals surface area (Å²) in [5.41, 5.74) is 8.70. The average Bonchev–Trinajstić information content (AvgIpc) is 2.50. The maximum absolute atomic E-state index is 5.78. The zero-order valence-electron chi connectivity index (χ0n) is 10.9. The minimum atomic E-state index is 0.477. The van der Waals surface area contributed by atoms with E-state index >= 15 is 0 Å². The molecule has 0 aliphatic carbocycles. The minimum Gasteiger partial charge on any atom is -0.371 e. The maximum atomic E-state index is 5.78. The van der Waals surface area contributed by atoms with Crippen LogP contribution in [0.25, 0.3) is 0 Å². The van der Waals surface area contributed by atoms with Gasteiger partial charge in [-0.2, -0.15) is 0 Å². The normalized spacial score (nSPS) is 20.1. The lowest BCUT2D eigenvalue weighted by Crippen LogP contribution is -2.26. The van der Waals surface area contributed by atoms with Gasteiger partial charge in [-0.25, -0.2) is 0 Å². The molecule has 3 nitrogen and oxygen atoms in total. The van der Waals surface area contributed by atoms with Gasteiger partial charge in [0.2, 0.25) is 0 Å². The molecular weight excluding hydrogens is 210 g/mol. The summed E-state index contributed by atoms with van der Waals surface area (Å²) in [6.45, 7) is 7.58. The summed E-state index contributed by atoms with van der Waals surface area (Å²) in [7, 11) is 0. The highest BCUT2D eigenvalue weighted by Gasteiger charge is 2.23. The number of rotatable bonds is 2. The monoisotopic (exact) mass is 233 g/mol. The Labute approximate surface area is 104 Å². The molecule has 0 bridgehead atoms. The predicted molar refractivity (Wildman–Crippen MR) is 72.0 cm³/mol.